The molecule has 7 heteroatoms. The molecule has 0 N–H and O–H groups in total. The number of carbonyl (C=O) groups excluding carboxylic acids is 1. The molecule has 0 radical (unpaired) electrons. The lowest BCUT2D eigenvalue weighted by atomic mass is 9.83. The Hall–Kier alpha value is -3.19. The van der Waals surface area contributed by atoms with Crippen LogP contribution >= 0.6 is 15.9 Å². The van der Waals surface area contributed by atoms with Gasteiger partial charge in [0.05, 0.1) is 23.6 Å². The first-order valence-electron chi connectivity index (χ1n) is 10.4. The molecular formula is C25H25BrN2O4. The second kappa shape index (κ2) is 11.4. The van der Waals surface area contributed by atoms with Crippen LogP contribution < -0.4 is 0 Å². The molecule has 1 aliphatic heterocycles. The molecule has 0 aromatic heterocycles. The first kappa shape index (κ1) is 23.5. The van der Waals surface area contributed by atoms with Crippen LogP contribution in [-0.2, 0) is 22.5 Å². The monoisotopic (exact) mass is 496 g/mol. The van der Waals surface area contributed by atoms with E-state index in [0.29, 0.717) is 13.0 Å². The van der Waals surface area contributed by atoms with E-state index in [0.717, 1.165) is 15.6 Å². The Morgan fingerprint density at radius 2 is 1.91 bits per heavy atom. The quantitative estimate of drug-likeness (QED) is 0.198. The topological polar surface area (TPSA) is 72.7 Å². The average Bonchev–Trinajstić information content (AvgIpc) is 2.79. The SMILES string of the molecule is CCOC(=O)/C=C/[C@H](Cc1ccccc1)[C@H]1C=CN(Cc2ccc(Br)cc2)C=C1[N+](=O)[O-]. The second-order valence-electron chi connectivity index (χ2n) is 7.44. The van der Waals surface area contributed by atoms with E-state index >= 15 is 0 Å². The van der Waals surface area contributed by atoms with Crippen molar-refractivity contribution in [3.05, 3.63) is 117 Å². The van der Waals surface area contributed by atoms with Crippen LogP contribution in [0.25, 0.3) is 0 Å². The summed E-state index contributed by atoms with van der Waals surface area (Å²) >= 11 is 3.42. The van der Waals surface area contributed by atoms with Crippen molar-refractivity contribution >= 4 is 21.9 Å². The van der Waals surface area contributed by atoms with Crippen molar-refractivity contribution in [2.24, 2.45) is 11.8 Å². The van der Waals surface area contributed by atoms with E-state index in [2.05, 4.69) is 15.9 Å². The fourth-order valence-corrected chi connectivity index (χ4v) is 3.89. The van der Waals surface area contributed by atoms with Crippen LogP contribution in [0, 0.1) is 22.0 Å². The molecule has 2 aromatic carbocycles. The zero-order valence-electron chi connectivity index (χ0n) is 17.8. The highest BCUT2D eigenvalue weighted by molar-refractivity contribution is 9.10. The van der Waals surface area contributed by atoms with E-state index in [9.17, 15) is 14.9 Å². The van der Waals surface area contributed by atoms with Gasteiger partial charge < -0.3 is 9.64 Å². The average molecular weight is 497 g/mol. The number of allylic oxidation sites excluding steroid dienone is 2. The number of hydrogen-bond acceptors (Lipinski definition) is 5. The summed E-state index contributed by atoms with van der Waals surface area (Å²) in [6.45, 7) is 2.54. The van der Waals surface area contributed by atoms with Gasteiger partial charge in [-0.1, -0.05) is 70.5 Å². The van der Waals surface area contributed by atoms with E-state index in [1.807, 2.05) is 71.8 Å². The highest BCUT2D eigenvalue weighted by Gasteiger charge is 2.32. The Kier molecular flexibility index (Phi) is 8.39. The van der Waals surface area contributed by atoms with Crippen LogP contribution in [-0.4, -0.2) is 22.4 Å². The van der Waals surface area contributed by atoms with E-state index in [1.165, 1.54) is 6.08 Å². The van der Waals surface area contributed by atoms with Crippen molar-refractivity contribution in [1.82, 2.24) is 4.90 Å². The summed E-state index contributed by atoms with van der Waals surface area (Å²) in [6.07, 6.45) is 8.96. The summed E-state index contributed by atoms with van der Waals surface area (Å²) in [4.78, 5) is 25.3. The van der Waals surface area contributed by atoms with Crippen LogP contribution in [0.2, 0.25) is 0 Å². The number of rotatable bonds is 9. The number of carbonyl (C=O) groups is 1. The minimum Gasteiger partial charge on any atom is -0.463 e. The predicted octanol–water partition coefficient (Wildman–Crippen LogP) is 5.49. The molecule has 6 nitrogen and oxygen atoms in total. The Bertz CT molecular complexity index is 1020. The minimum absolute atomic E-state index is 0.0963. The molecule has 3 rings (SSSR count). The molecule has 0 saturated carbocycles. The van der Waals surface area contributed by atoms with Crippen LogP contribution in [0.3, 0.4) is 0 Å². The van der Waals surface area contributed by atoms with Gasteiger partial charge in [0.2, 0.25) is 0 Å². The van der Waals surface area contributed by atoms with E-state index < -0.39 is 11.9 Å². The molecule has 0 fully saturated rings. The minimum atomic E-state index is -0.475. The molecule has 0 aliphatic carbocycles. The second-order valence-corrected chi connectivity index (χ2v) is 8.36. The zero-order valence-corrected chi connectivity index (χ0v) is 19.4. The third kappa shape index (κ3) is 6.65. The van der Waals surface area contributed by atoms with Crippen LogP contribution in [0.4, 0.5) is 0 Å². The first-order valence-corrected chi connectivity index (χ1v) is 11.2. The standard InChI is InChI=1S/C25H25BrN2O4/c1-2-32-25(29)13-10-21(16-19-6-4-3-5-7-19)23-14-15-27(18-24(23)28(30)31)17-20-8-11-22(26)12-9-20/h3-15,18,21,23H,2,16-17H2,1H3/b13-10+/t21-,23-/m1/s1. The Labute approximate surface area is 196 Å². The highest BCUT2D eigenvalue weighted by atomic mass is 79.9. The van der Waals surface area contributed by atoms with Gasteiger partial charge in [0.1, 0.15) is 0 Å². The maximum atomic E-state index is 12.0. The Morgan fingerprint density at radius 1 is 1.19 bits per heavy atom. The van der Waals surface area contributed by atoms with Gasteiger partial charge >= 0.3 is 5.97 Å². The molecule has 32 heavy (non-hydrogen) atoms. The third-order valence-electron chi connectivity index (χ3n) is 5.16. The summed E-state index contributed by atoms with van der Waals surface area (Å²) in [5, 5.41) is 12.0. The van der Waals surface area contributed by atoms with Gasteiger partial charge in [-0.2, -0.15) is 0 Å². The van der Waals surface area contributed by atoms with Crippen molar-refractivity contribution in [2.45, 2.75) is 19.9 Å². The summed E-state index contributed by atoms with van der Waals surface area (Å²) in [5.74, 6) is -1.20. The molecule has 2 atom stereocenters. The van der Waals surface area contributed by atoms with Crippen molar-refractivity contribution in [1.29, 1.82) is 0 Å². The van der Waals surface area contributed by atoms with Gasteiger partial charge in [0, 0.05) is 23.3 Å². The fourth-order valence-electron chi connectivity index (χ4n) is 3.62. The van der Waals surface area contributed by atoms with Crippen molar-refractivity contribution < 1.29 is 14.5 Å². The van der Waals surface area contributed by atoms with E-state index in [4.69, 9.17) is 4.74 Å². The lowest BCUT2D eigenvalue weighted by Crippen LogP contribution is -2.27. The van der Waals surface area contributed by atoms with Gasteiger partial charge in [-0.15, -0.1) is 0 Å². The highest BCUT2D eigenvalue weighted by Crippen LogP contribution is 2.31. The third-order valence-corrected chi connectivity index (χ3v) is 5.68. The largest absolute Gasteiger partial charge is 0.463 e. The van der Waals surface area contributed by atoms with Crippen LogP contribution in [0.5, 0.6) is 0 Å². The number of esters is 1. The molecule has 0 amide bonds. The number of nitro groups is 1. The fraction of sp³-hybridized carbons (Fsp3) is 0.240. The van der Waals surface area contributed by atoms with Crippen molar-refractivity contribution in [2.75, 3.05) is 6.61 Å². The summed E-state index contributed by atoms with van der Waals surface area (Å²) in [5.41, 5.74) is 2.18. The number of halogens is 1. The van der Waals surface area contributed by atoms with Crippen molar-refractivity contribution in [3.8, 4) is 0 Å². The summed E-state index contributed by atoms with van der Waals surface area (Å²) in [6, 6.07) is 17.6. The van der Waals surface area contributed by atoms with E-state index in [1.54, 1.807) is 19.2 Å². The number of ether oxygens (including phenoxy) is 1. The zero-order chi connectivity index (χ0) is 22.9. The Morgan fingerprint density at radius 3 is 2.56 bits per heavy atom. The smallest absolute Gasteiger partial charge is 0.330 e. The lowest BCUT2D eigenvalue weighted by Gasteiger charge is -2.26. The van der Waals surface area contributed by atoms with Gasteiger partial charge in [-0.3, -0.25) is 10.1 Å². The predicted molar refractivity (Wildman–Crippen MR) is 127 cm³/mol. The molecule has 0 saturated heterocycles. The van der Waals surface area contributed by atoms with Crippen LogP contribution in [0.15, 0.2) is 95.4 Å². The molecule has 0 bridgehead atoms. The van der Waals surface area contributed by atoms with Crippen LogP contribution in [0.1, 0.15) is 18.1 Å². The molecule has 1 aliphatic rings. The molecule has 2 aromatic rings. The molecule has 1 heterocycles. The van der Waals surface area contributed by atoms with Gasteiger partial charge in [0.15, 0.2) is 0 Å². The lowest BCUT2D eigenvalue weighted by molar-refractivity contribution is -0.434. The van der Waals surface area contributed by atoms with Gasteiger partial charge in [-0.25, -0.2) is 4.79 Å². The Balaban J connectivity index is 1.85. The molecule has 0 unspecified atom stereocenters. The summed E-state index contributed by atoms with van der Waals surface area (Å²) in [7, 11) is 0. The molecule has 0 spiro atoms. The van der Waals surface area contributed by atoms with E-state index in [-0.39, 0.29) is 23.1 Å². The number of hydrogen-bond donors (Lipinski definition) is 0. The maximum Gasteiger partial charge on any atom is 0.330 e. The number of nitrogens with zero attached hydrogens (tertiary/aromatic N) is 2. The molecular weight excluding hydrogens is 472 g/mol. The van der Waals surface area contributed by atoms with Gasteiger partial charge in [0.25, 0.3) is 5.70 Å². The maximum absolute atomic E-state index is 12.0. The summed E-state index contributed by atoms with van der Waals surface area (Å²) < 4.78 is 5.97. The van der Waals surface area contributed by atoms with Gasteiger partial charge in [-0.05, 0) is 42.5 Å². The van der Waals surface area contributed by atoms with Crippen molar-refractivity contribution in [3.63, 3.8) is 0 Å². The number of benzene rings is 2. The first-order chi connectivity index (χ1) is 15.5. The normalized spacial score (nSPS) is 16.6. The molecule has 166 valence electrons.